The first-order valence-electron chi connectivity index (χ1n) is 9.41. The molecule has 144 valence electrons. The van der Waals surface area contributed by atoms with E-state index in [0.717, 1.165) is 24.1 Å². The molecule has 6 heteroatoms. The Kier molecular flexibility index (Phi) is 5.97. The standard InChI is InChI=1S/C21H26N2O3S/c1-3-14-22-27(25,26)19-11-8-17(9-12-19)10-13-21(24)23-16(2)15-18-6-4-5-7-20(18)23/h4-9,11-12,16,22H,3,10,13-15H2,1-2H3/t16-/m0/s1. The highest BCUT2D eigenvalue weighted by Gasteiger charge is 2.29. The van der Waals surface area contributed by atoms with E-state index in [1.54, 1.807) is 24.3 Å². The number of hydrogen-bond donors (Lipinski definition) is 1. The summed E-state index contributed by atoms with van der Waals surface area (Å²) < 4.78 is 26.8. The largest absolute Gasteiger partial charge is 0.309 e. The Labute approximate surface area is 161 Å². The molecule has 0 spiro atoms. The summed E-state index contributed by atoms with van der Waals surface area (Å²) in [7, 11) is -3.45. The number of carbonyl (C=O) groups excluding carboxylic acids is 1. The normalized spacial score (nSPS) is 16.4. The number of aryl methyl sites for hydroxylation is 1. The molecule has 0 saturated carbocycles. The van der Waals surface area contributed by atoms with Crippen LogP contribution < -0.4 is 9.62 Å². The number of hydrogen-bond acceptors (Lipinski definition) is 3. The first kappa shape index (κ1) is 19.6. The van der Waals surface area contributed by atoms with E-state index in [4.69, 9.17) is 0 Å². The van der Waals surface area contributed by atoms with E-state index in [0.29, 0.717) is 19.4 Å². The van der Waals surface area contributed by atoms with E-state index in [2.05, 4.69) is 17.7 Å². The van der Waals surface area contributed by atoms with Gasteiger partial charge in [-0.2, -0.15) is 0 Å². The maximum absolute atomic E-state index is 12.8. The van der Waals surface area contributed by atoms with Crippen molar-refractivity contribution in [2.75, 3.05) is 11.4 Å². The van der Waals surface area contributed by atoms with Crippen LogP contribution in [0, 0.1) is 0 Å². The lowest BCUT2D eigenvalue weighted by molar-refractivity contribution is -0.118. The topological polar surface area (TPSA) is 66.5 Å². The van der Waals surface area contributed by atoms with E-state index in [1.165, 1.54) is 5.56 Å². The Bertz CT molecular complexity index is 907. The molecule has 2 aromatic carbocycles. The van der Waals surface area contributed by atoms with Crippen LogP contribution in [0.1, 0.15) is 37.8 Å². The summed E-state index contributed by atoms with van der Waals surface area (Å²) in [4.78, 5) is 14.9. The van der Waals surface area contributed by atoms with Crippen molar-refractivity contribution in [1.29, 1.82) is 0 Å². The average Bonchev–Trinajstić information content (AvgIpc) is 3.00. The molecule has 0 aliphatic carbocycles. The van der Waals surface area contributed by atoms with Crippen molar-refractivity contribution in [1.82, 2.24) is 4.72 Å². The Morgan fingerprint density at radius 2 is 1.85 bits per heavy atom. The van der Waals surface area contributed by atoms with Crippen molar-refractivity contribution in [3.63, 3.8) is 0 Å². The predicted octanol–water partition coefficient (Wildman–Crippen LogP) is 3.29. The number of rotatable bonds is 7. The van der Waals surface area contributed by atoms with Gasteiger partial charge in [0, 0.05) is 24.7 Å². The molecule has 0 bridgehead atoms. The van der Waals surface area contributed by atoms with Crippen LogP contribution in [0.25, 0.3) is 0 Å². The number of amides is 1. The van der Waals surface area contributed by atoms with Crippen molar-refractivity contribution < 1.29 is 13.2 Å². The molecule has 5 nitrogen and oxygen atoms in total. The van der Waals surface area contributed by atoms with Gasteiger partial charge in [-0.05, 0) is 55.5 Å². The molecule has 1 amide bonds. The van der Waals surface area contributed by atoms with Gasteiger partial charge in [0.15, 0.2) is 0 Å². The molecule has 2 aromatic rings. The molecule has 1 aliphatic rings. The van der Waals surface area contributed by atoms with Crippen molar-refractivity contribution in [3.8, 4) is 0 Å². The smallest absolute Gasteiger partial charge is 0.240 e. The second kappa shape index (κ2) is 8.23. The Hall–Kier alpha value is -2.18. The summed E-state index contributed by atoms with van der Waals surface area (Å²) in [6.07, 6.45) is 2.63. The van der Waals surface area contributed by atoms with Gasteiger partial charge in [-0.15, -0.1) is 0 Å². The number of nitrogens with one attached hydrogen (secondary N) is 1. The summed E-state index contributed by atoms with van der Waals surface area (Å²) in [6.45, 7) is 4.41. The second-order valence-electron chi connectivity index (χ2n) is 6.99. The van der Waals surface area contributed by atoms with Crippen LogP contribution in [0.2, 0.25) is 0 Å². The number of carbonyl (C=O) groups is 1. The summed E-state index contributed by atoms with van der Waals surface area (Å²) in [5.41, 5.74) is 3.18. The number of sulfonamides is 1. The number of fused-ring (bicyclic) bond motifs is 1. The number of para-hydroxylation sites is 1. The van der Waals surface area contributed by atoms with E-state index in [-0.39, 0.29) is 16.8 Å². The van der Waals surface area contributed by atoms with Crippen LogP contribution in [-0.2, 0) is 27.7 Å². The van der Waals surface area contributed by atoms with Crippen molar-refractivity contribution in [2.45, 2.75) is 50.5 Å². The van der Waals surface area contributed by atoms with Crippen LogP contribution in [-0.4, -0.2) is 26.9 Å². The number of nitrogens with zero attached hydrogens (tertiary/aromatic N) is 1. The molecule has 0 saturated heterocycles. The van der Waals surface area contributed by atoms with Crippen molar-refractivity contribution >= 4 is 21.6 Å². The zero-order chi connectivity index (χ0) is 19.4. The Balaban J connectivity index is 1.63. The molecule has 1 N–H and O–H groups in total. The highest BCUT2D eigenvalue weighted by molar-refractivity contribution is 7.89. The fraction of sp³-hybridized carbons (Fsp3) is 0.381. The first-order valence-corrected chi connectivity index (χ1v) is 10.9. The predicted molar refractivity (Wildman–Crippen MR) is 107 cm³/mol. The maximum Gasteiger partial charge on any atom is 0.240 e. The Morgan fingerprint density at radius 3 is 2.56 bits per heavy atom. The van der Waals surface area contributed by atoms with Crippen LogP contribution in [0.3, 0.4) is 0 Å². The lowest BCUT2D eigenvalue weighted by Crippen LogP contribution is -2.35. The second-order valence-corrected chi connectivity index (χ2v) is 8.75. The Morgan fingerprint density at radius 1 is 1.15 bits per heavy atom. The molecule has 27 heavy (non-hydrogen) atoms. The van der Waals surface area contributed by atoms with Gasteiger partial charge >= 0.3 is 0 Å². The average molecular weight is 387 g/mol. The minimum atomic E-state index is -3.45. The van der Waals surface area contributed by atoms with Gasteiger partial charge in [-0.25, -0.2) is 13.1 Å². The van der Waals surface area contributed by atoms with Gasteiger partial charge in [0.1, 0.15) is 0 Å². The third kappa shape index (κ3) is 4.39. The van der Waals surface area contributed by atoms with Crippen LogP contribution >= 0.6 is 0 Å². The fourth-order valence-electron chi connectivity index (χ4n) is 3.47. The van der Waals surface area contributed by atoms with Gasteiger partial charge in [0.05, 0.1) is 4.90 Å². The minimum Gasteiger partial charge on any atom is -0.309 e. The molecular weight excluding hydrogens is 360 g/mol. The molecule has 0 aromatic heterocycles. The molecule has 0 radical (unpaired) electrons. The number of anilines is 1. The van der Waals surface area contributed by atoms with Gasteiger partial charge in [0.25, 0.3) is 0 Å². The van der Waals surface area contributed by atoms with E-state index < -0.39 is 10.0 Å². The third-order valence-electron chi connectivity index (χ3n) is 4.88. The van der Waals surface area contributed by atoms with Crippen LogP contribution in [0.4, 0.5) is 5.69 Å². The van der Waals surface area contributed by atoms with Crippen LogP contribution in [0.5, 0.6) is 0 Å². The highest BCUT2D eigenvalue weighted by atomic mass is 32.2. The molecule has 0 fully saturated rings. The van der Waals surface area contributed by atoms with E-state index in [1.807, 2.05) is 30.0 Å². The van der Waals surface area contributed by atoms with E-state index in [9.17, 15) is 13.2 Å². The lowest BCUT2D eigenvalue weighted by Gasteiger charge is -2.22. The molecule has 3 rings (SSSR count). The monoisotopic (exact) mass is 386 g/mol. The first-order chi connectivity index (χ1) is 12.9. The molecule has 1 atom stereocenters. The highest BCUT2D eigenvalue weighted by Crippen LogP contribution is 2.32. The molecule has 1 heterocycles. The lowest BCUT2D eigenvalue weighted by atomic mass is 10.1. The fourth-order valence-corrected chi connectivity index (χ4v) is 4.61. The summed E-state index contributed by atoms with van der Waals surface area (Å²) in [6, 6.07) is 15.0. The van der Waals surface area contributed by atoms with Gasteiger partial charge < -0.3 is 4.90 Å². The van der Waals surface area contributed by atoms with Crippen molar-refractivity contribution in [2.24, 2.45) is 0 Å². The molecule has 1 aliphatic heterocycles. The molecular formula is C21H26N2O3S. The van der Waals surface area contributed by atoms with Crippen molar-refractivity contribution in [3.05, 3.63) is 59.7 Å². The summed E-state index contributed by atoms with van der Waals surface area (Å²) in [5, 5.41) is 0. The quantitative estimate of drug-likeness (QED) is 0.794. The number of benzene rings is 2. The SMILES string of the molecule is CCCNS(=O)(=O)c1ccc(CCC(=O)N2c3ccccc3C[C@@H]2C)cc1. The minimum absolute atomic E-state index is 0.105. The van der Waals surface area contributed by atoms with Gasteiger partial charge in [0.2, 0.25) is 15.9 Å². The third-order valence-corrected chi connectivity index (χ3v) is 6.36. The van der Waals surface area contributed by atoms with Gasteiger partial charge in [-0.3, -0.25) is 4.79 Å². The van der Waals surface area contributed by atoms with Gasteiger partial charge in [-0.1, -0.05) is 37.3 Å². The zero-order valence-corrected chi connectivity index (χ0v) is 16.6. The maximum atomic E-state index is 12.8. The zero-order valence-electron chi connectivity index (χ0n) is 15.8. The summed E-state index contributed by atoms with van der Waals surface area (Å²) in [5.74, 6) is 0.105. The molecule has 0 unspecified atom stereocenters. The van der Waals surface area contributed by atoms with Crippen LogP contribution in [0.15, 0.2) is 53.4 Å². The summed E-state index contributed by atoms with van der Waals surface area (Å²) >= 11 is 0. The van der Waals surface area contributed by atoms with E-state index >= 15 is 0 Å².